The number of benzene rings is 1. The summed E-state index contributed by atoms with van der Waals surface area (Å²) in [5.41, 5.74) is -0.923. The summed E-state index contributed by atoms with van der Waals surface area (Å²) in [6, 6.07) is 5.91. The Morgan fingerprint density at radius 3 is 2.68 bits per heavy atom. The summed E-state index contributed by atoms with van der Waals surface area (Å²) in [6.07, 6.45) is 2.89. The lowest BCUT2D eigenvalue weighted by atomic mass is 10.2. The van der Waals surface area contributed by atoms with E-state index in [2.05, 4.69) is 9.97 Å². The van der Waals surface area contributed by atoms with Crippen LogP contribution in [0.4, 0.5) is 5.69 Å². The Bertz CT molecular complexity index is 731. The summed E-state index contributed by atoms with van der Waals surface area (Å²) in [7, 11) is 0. The number of nitrogens with zero attached hydrogens (tertiary/aromatic N) is 2. The lowest BCUT2D eigenvalue weighted by Crippen LogP contribution is -2.25. The maximum atomic E-state index is 11.0. The van der Waals surface area contributed by atoms with Gasteiger partial charge in [0.25, 0.3) is 5.69 Å². The summed E-state index contributed by atoms with van der Waals surface area (Å²) in [5.74, 6) is 0.0697. The molecule has 2 rings (SSSR count). The van der Waals surface area contributed by atoms with Crippen LogP contribution in [-0.4, -0.2) is 19.9 Å². The molecule has 0 aliphatic rings. The molecule has 0 aliphatic carbocycles. The maximum absolute atomic E-state index is 11.0. The van der Waals surface area contributed by atoms with Crippen LogP contribution >= 0.6 is 0 Å². The smallest absolute Gasteiger partial charge is 0.292 e. The first kappa shape index (κ1) is 12.4. The quantitative estimate of drug-likeness (QED) is 0.616. The number of nitro benzene ring substituents is 1. The van der Waals surface area contributed by atoms with Crippen molar-refractivity contribution in [1.29, 1.82) is 0 Å². The Kier molecular flexibility index (Phi) is 3.33. The number of nitro groups is 1. The van der Waals surface area contributed by atoms with E-state index in [9.17, 15) is 19.7 Å². The van der Waals surface area contributed by atoms with Gasteiger partial charge in [0.15, 0.2) is 0 Å². The monoisotopic (exact) mass is 260 g/mol. The van der Waals surface area contributed by atoms with Crippen LogP contribution in [0.2, 0.25) is 0 Å². The Morgan fingerprint density at radius 1 is 1.21 bits per heavy atom. The third-order valence-corrected chi connectivity index (χ3v) is 2.20. The summed E-state index contributed by atoms with van der Waals surface area (Å²) in [5, 5.41) is 10.6. The zero-order chi connectivity index (χ0) is 13.8. The minimum absolute atomic E-state index is 0.0467. The third-order valence-electron chi connectivity index (χ3n) is 2.20. The predicted molar refractivity (Wildman–Crippen MR) is 67.5 cm³/mol. The Labute approximate surface area is 105 Å². The molecule has 0 saturated carbocycles. The number of hydrogen-bond acceptors (Lipinski definition) is 5. The molecule has 0 unspecified atom stereocenters. The normalized spacial score (nSPS) is 10.7. The minimum Gasteiger partial charge on any atom is -0.292 e. The molecule has 1 aromatic carbocycles. The van der Waals surface area contributed by atoms with Gasteiger partial charge in [0.2, 0.25) is 0 Å². The minimum atomic E-state index is -0.762. The zero-order valence-electron chi connectivity index (χ0n) is 9.49. The SMILES string of the molecule is O=c1nc(C=Cc2cccc([N+](=O)[O-])c2)[nH]c(=O)[nH]1. The molecule has 96 valence electrons. The highest BCUT2D eigenvalue weighted by atomic mass is 16.6. The van der Waals surface area contributed by atoms with Crippen molar-refractivity contribution in [3.05, 3.63) is 66.7 Å². The lowest BCUT2D eigenvalue weighted by molar-refractivity contribution is -0.384. The maximum Gasteiger partial charge on any atom is 0.350 e. The molecule has 2 aromatic rings. The number of aromatic nitrogens is 3. The average Bonchev–Trinajstić information content (AvgIpc) is 2.35. The van der Waals surface area contributed by atoms with E-state index < -0.39 is 16.3 Å². The van der Waals surface area contributed by atoms with Crippen molar-refractivity contribution in [2.24, 2.45) is 0 Å². The topological polar surface area (TPSA) is 122 Å². The van der Waals surface area contributed by atoms with E-state index >= 15 is 0 Å². The summed E-state index contributed by atoms with van der Waals surface area (Å²) in [4.78, 5) is 39.8. The second-order valence-electron chi connectivity index (χ2n) is 3.57. The molecule has 0 saturated heterocycles. The van der Waals surface area contributed by atoms with E-state index in [1.807, 2.05) is 4.98 Å². The van der Waals surface area contributed by atoms with E-state index in [0.717, 1.165) is 0 Å². The Hall–Kier alpha value is -3.03. The molecule has 8 heteroatoms. The van der Waals surface area contributed by atoms with Crippen LogP contribution in [0.25, 0.3) is 12.2 Å². The number of rotatable bonds is 3. The number of hydrogen-bond donors (Lipinski definition) is 2. The standard InChI is InChI=1S/C11H8N4O4/c16-10-12-9(13-11(17)14-10)5-4-7-2-1-3-8(6-7)15(18)19/h1-6H,(H2,12,13,14,16,17). The van der Waals surface area contributed by atoms with Gasteiger partial charge in [-0.15, -0.1) is 0 Å². The van der Waals surface area contributed by atoms with E-state index in [0.29, 0.717) is 5.56 Å². The van der Waals surface area contributed by atoms with Gasteiger partial charge in [0.05, 0.1) is 4.92 Å². The van der Waals surface area contributed by atoms with Crippen LogP contribution in [-0.2, 0) is 0 Å². The van der Waals surface area contributed by atoms with Crippen molar-refractivity contribution in [3.8, 4) is 0 Å². The first-order chi connectivity index (χ1) is 9.04. The molecule has 0 atom stereocenters. The molecule has 0 spiro atoms. The highest BCUT2D eigenvalue weighted by Crippen LogP contribution is 2.14. The molecular weight excluding hydrogens is 252 g/mol. The first-order valence-corrected chi connectivity index (χ1v) is 5.18. The third kappa shape index (κ3) is 3.22. The molecule has 8 nitrogen and oxygen atoms in total. The second kappa shape index (κ2) is 5.08. The van der Waals surface area contributed by atoms with Crippen molar-refractivity contribution in [2.75, 3.05) is 0 Å². The van der Waals surface area contributed by atoms with E-state index in [-0.39, 0.29) is 11.5 Å². The van der Waals surface area contributed by atoms with Crippen molar-refractivity contribution in [2.45, 2.75) is 0 Å². The van der Waals surface area contributed by atoms with Crippen molar-refractivity contribution >= 4 is 17.8 Å². The average molecular weight is 260 g/mol. The molecule has 0 amide bonds. The van der Waals surface area contributed by atoms with Crippen molar-refractivity contribution in [1.82, 2.24) is 15.0 Å². The molecule has 0 fully saturated rings. The van der Waals surface area contributed by atoms with Crippen molar-refractivity contribution < 1.29 is 4.92 Å². The van der Waals surface area contributed by atoms with E-state index in [4.69, 9.17) is 0 Å². The number of aromatic amines is 2. The molecule has 1 heterocycles. The molecular formula is C11H8N4O4. The summed E-state index contributed by atoms with van der Waals surface area (Å²) < 4.78 is 0. The molecule has 2 N–H and O–H groups in total. The van der Waals surface area contributed by atoms with Gasteiger partial charge in [0.1, 0.15) is 5.82 Å². The van der Waals surface area contributed by atoms with Crippen LogP contribution in [0, 0.1) is 10.1 Å². The highest BCUT2D eigenvalue weighted by molar-refractivity contribution is 5.67. The zero-order valence-corrected chi connectivity index (χ0v) is 9.49. The molecule has 19 heavy (non-hydrogen) atoms. The fourth-order valence-corrected chi connectivity index (χ4v) is 1.41. The Morgan fingerprint density at radius 2 is 2.00 bits per heavy atom. The number of H-pyrrole nitrogens is 2. The second-order valence-corrected chi connectivity index (χ2v) is 3.57. The van der Waals surface area contributed by atoms with Crippen LogP contribution in [0.3, 0.4) is 0 Å². The van der Waals surface area contributed by atoms with Gasteiger partial charge in [0, 0.05) is 12.1 Å². The molecule has 0 bridgehead atoms. The fourth-order valence-electron chi connectivity index (χ4n) is 1.41. The largest absolute Gasteiger partial charge is 0.350 e. The van der Waals surface area contributed by atoms with Gasteiger partial charge >= 0.3 is 11.4 Å². The van der Waals surface area contributed by atoms with Gasteiger partial charge in [-0.3, -0.25) is 20.1 Å². The molecule has 0 aliphatic heterocycles. The predicted octanol–water partition coefficient (Wildman–Crippen LogP) is 0.537. The fraction of sp³-hybridized carbons (Fsp3) is 0. The van der Waals surface area contributed by atoms with E-state index in [1.165, 1.54) is 30.4 Å². The van der Waals surface area contributed by atoms with Crippen molar-refractivity contribution in [3.63, 3.8) is 0 Å². The van der Waals surface area contributed by atoms with Gasteiger partial charge in [-0.25, -0.2) is 9.59 Å². The number of nitrogens with one attached hydrogen (secondary N) is 2. The van der Waals surface area contributed by atoms with Gasteiger partial charge in [-0.1, -0.05) is 18.2 Å². The van der Waals surface area contributed by atoms with Crippen LogP contribution in [0.1, 0.15) is 11.4 Å². The molecule has 0 radical (unpaired) electrons. The molecule has 1 aromatic heterocycles. The van der Waals surface area contributed by atoms with Gasteiger partial charge < -0.3 is 0 Å². The van der Waals surface area contributed by atoms with Gasteiger partial charge in [-0.05, 0) is 11.6 Å². The Balaban J connectivity index is 2.32. The van der Waals surface area contributed by atoms with Crippen LogP contribution in [0.5, 0.6) is 0 Å². The lowest BCUT2D eigenvalue weighted by Gasteiger charge is -1.94. The highest BCUT2D eigenvalue weighted by Gasteiger charge is 2.03. The van der Waals surface area contributed by atoms with Crippen LogP contribution in [0.15, 0.2) is 33.9 Å². The van der Waals surface area contributed by atoms with E-state index in [1.54, 1.807) is 6.07 Å². The number of non-ortho nitro benzene ring substituents is 1. The summed E-state index contributed by atoms with van der Waals surface area (Å²) >= 11 is 0. The van der Waals surface area contributed by atoms with Crippen LogP contribution < -0.4 is 11.4 Å². The first-order valence-electron chi connectivity index (χ1n) is 5.18. The van der Waals surface area contributed by atoms with Gasteiger partial charge in [-0.2, -0.15) is 4.98 Å². The summed E-state index contributed by atoms with van der Waals surface area (Å²) in [6.45, 7) is 0.